The normalized spacial score (nSPS) is 14.8. The Labute approximate surface area is 152 Å². The summed E-state index contributed by atoms with van der Waals surface area (Å²) in [5, 5.41) is 2.99. The van der Waals surface area contributed by atoms with Crippen LogP contribution in [-0.2, 0) is 4.74 Å². The van der Waals surface area contributed by atoms with Crippen LogP contribution in [0.1, 0.15) is 23.2 Å². The first-order valence-corrected chi connectivity index (χ1v) is 8.62. The highest BCUT2D eigenvalue weighted by Gasteiger charge is 2.25. The summed E-state index contributed by atoms with van der Waals surface area (Å²) in [6, 6.07) is 5.04. The van der Waals surface area contributed by atoms with Crippen LogP contribution >= 0.6 is 11.6 Å². The molecule has 1 aromatic carbocycles. The van der Waals surface area contributed by atoms with E-state index in [9.17, 15) is 9.59 Å². The van der Waals surface area contributed by atoms with Gasteiger partial charge in [-0.25, -0.2) is 4.79 Å². The van der Waals surface area contributed by atoms with E-state index in [1.165, 1.54) is 14.2 Å². The lowest BCUT2D eigenvalue weighted by Crippen LogP contribution is -2.46. The zero-order chi connectivity index (χ0) is 18.2. The van der Waals surface area contributed by atoms with Crippen molar-refractivity contribution in [2.24, 2.45) is 0 Å². The van der Waals surface area contributed by atoms with E-state index in [2.05, 4.69) is 5.32 Å². The summed E-state index contributed by atoms with van der Waals surface area (Å²) < 4.78 is 15.4. The quantitative estimate of drug-likeness (QED) is 0.777. The van der Waals surface area contributed by atoms with Gasteiger partial charge >= 0.3 is 6.09 Å². The number of alkyl halides is 1. The van der Waals surface area contributed by atoms with Crippen LogP contribution < -0.4 is 14.8 Å². The monoisotopic (exact) mass is 370 g/mol. The van der Waals surface area contributed by atoms with Gasteiger partial charge in [-0.05, 0) is 25.0 Å². The fraction of sp³-hybridized carbons (Fsp3) is 0.529. The van der Waals surface area contributed by atoms with Gasteiger partial charge in [0.15, 0.2) is 0 Å². The summed E-state index contributed by atoms with van der Waals surface area (Å²) in [7, 11) is 3.07. The van der Waals surface area contributed by atoms with Gasteiger partial charge in [-0.1, -0.05) is 0 Å². The maximum absolute atomic E-state index is 12.5. The molecular formula is C17H23ClN2O5. The molecule has 138 valence electrons. The van der Waals surface area contributed by atoms with Crippen molar-refractivity contribution in [1.29, 1.82) is 0 Å². The fourth-order valence-electron chi connectivity index (χ4n) is 2.63. The molecular weight excluding hydrogens is 348 g/mol. The van der Waals surface area contributed by atoms with Gasteiger partial charge in [0, 0.05) is 30.8 Å². The Balaban J connectivity index is 1.89. The Kier molecular flexibility index (Phi) is 7.18. The van der Waals surface area contributed by atoms with Gasteiger partial charge in [0.25, 0.3) is 5.91 Å². The summed E-state index contributed by atoms with van der Waals surface area (Å²) in [6.07, 6.45) is 0.981. The second-order valence-corrected chi connectivity index (χ2v) is 6.02. The van der Waals surface area contributed by atoms with Gasteiger partial charge in [-0.3, -0.25) is 4.79 Å². The molecule has 1 aromatic rings. The number of halogens is 1. The number of amides is 2. The third kappa shape index (κ3) is 5.42. The van der Waals surface area contributed by atoms with Crippen LogP contribution in [0.4, 0.5) is 4.79 Å². The number of hydrogen-bond acceptors (Lipinski definition) is 5. The second kappa shape index (κ2) is 9.36. The van der Waals surface area contributed by atoms with Crippen molar-refractivity contribution < 1.29 is 23.8 Å². The Morgan fingerprint density at radius 2 is 1.76 bits per heavy atom. The van der Waals surface area contributed by atoms with Crippen molar-refractivity contribution in [3.8, 4) is 11.5 Å². The summed E-state index contributed by atoms with van der Waals surface area (Å²) in [6.45, 7) is 1.27. The highest BCUT2D eigenvalue weighted by Crippen LogP contribution is 2.23. The first-order chi connectivity index (χ1) is 12.1. The van der Waals surface area contributed by atoms with Crippen LogP contribution in [-0.4, -0.2) is 62.7 Å². The third-order valence-corrected chi connectivity index (χ3v) is 4.16. The lowest BCUT2D eigenvalue weighted by molar-refractivity contribution is 0.0861. The summed E-state index contributed by atoms with van der Waals surface area (Å²) in [4.78, 5) is 25.9. The van der Waals surface area contributed by atoms with Gasteiger partial charge in [0.2, 0.25) is 0 Å². The molecule has 0 spiro atoms. The molecule has 1 heterocycles. The number of carbonyl (C=O) groups is 2. The molecule has 1 saturated heterocycles. The maximum Gasteiger partial charge on any atom is 0.409 e. The van der Waals surface area contributed by atoms with Crippen LogP contribution in [0.25, 0.3) is 0 Å². The van der Waals surface area contributed by atoms with Crippen LogP contribution in [0.15, 0.2) is 18.2 Å². The average molecular weight is 371 g/mol. The minimum atomic E-state index is -0.358. The minimum Gasteiger partial charge on any atom is -0.497 e. The van der Waals surface area contributed by atoms with Gasteiger partial charge < -0.3 is 24.4 Å². The van der Waals surface area contributed by atoms with E-state index in [1.807, 2.05) is 0 Å². The molecule has 25 heavy (non-hydrogen) atoms. The largest absolute Gasteiger partial charge is 0.497 e. The van der Waals surface area contributed by atoms with Gasteiger partial charge in [-0.2, -0.15) is 0 Å². The van der Waals surface area contributed by atoms with Gasteiger partial charge in [0.05, 0.1) is 20.1 Å². The first-order valence-electron chi connectivity index (χ1n) is 8.09. The van der Waals surface area contributed by atoms with Crippen molar-refractivity contribution in [3.05, 3.63) is 23.8 Å². The predicted octanol–water partition coefficient (Wildman–Crippen LogP) is 2.27. The lowest BCUT2D eigenvalue weighted by atomic mass is 10.0. The minimum absolute atomic E-state index is 0.00164. The number of likely N-dealkylation sites (tertiary alicyclic amines) is 1. The van der Waals surface area contributed by atoms with E-state index >= 15 is 0 Å². The zero-order valence-corrected chi connectivity index (χ0v) is 15.2. The second-order valence-electron chi connectivity index (χ2n) is 5.64. The number of nitrogens with zero attached hydrogens (tertiary/aromatic N) is 1. The molecule has 0 aliphatic carbocycles. The lowest BCUT2D eigenvalue weighted by Gasteiger charge is -2.31. The zero-order valence-electron chi connectivity index (χ0n) is 14.4. The van der Waals surface area contributed by atoms with Crippen molar-refractivity contribution in [2.45, 2.75) is 18.9 Å². The average Bonchev–Trinajstić information content (AvgIpc) is 2.66. The smallest absolute Gasteiger partial charge is 0.409 e. The summed E-state index contributed by atoms with van der Waals surface area (Å²) in [5.41, 5.74) is 0.472. The maximum atomic E-state index is 12.5. The standard InChI is InChI=1S/C17H23ClN2O5/c1-23-14-9-12(10-15(11-14)24-2)16(21)19-13-3-6-20(7-4-13)17(22)25-8-5-18/h9-11,13H,3-8H2,1-2H3,(H,19,21). The van der Waals surface area contributed by atoms with Crippen LogP contribution in [0.2, 0.25) is 0 Å². The molecule has 7 nitrogen and oxygen atoms in total. The third-order valence-electron chi connectivity index (χ3n) is 4.00. The molecule has 2 amide bonds. The molecule has 0 unspecified atom stereocenters. The highest BCUT2D eigenvalue weighted by molar-refractivity contribution is 6.18. The van der Waals surface area contributed by atoms with Crippen LogP contribution in [0.3, 0.4) is 0 Å². The summed E-state index contributed by atoms with van der Waals surface area (Å²) >= 11 is 5.51. The SMILES string of the molecule is COc1cc(OC)cc(C(=O)NC2CCN(C(=O)OCCCl)CC2)c1. The topological polar surface area (TPSA) is 77.1 Å². The van der Waals surface area contributed by atoms with Gasteiger partial charge in [-0.15, -0.1) is 11.6 Å². The van der Waals surface area contributed by atoms with E-state index in [0.717, 1.165) is 0 Å². The van der Waals surface area contributed by atoms with E-state index in [-0.39, 0.29) is 30.5 Å². The van der Waals surface area contributed by atoms with Crippen molar-refractivity contribution in [2.75, 3.05) is 39.8 Å². The van der Waals surface area contributed by atoms with E-state index in [4.69, 9.17) is 25.8 Å². The predicted molar refractivity (Wildman–Crippen MR) is 93.7 cm³/mol. The van der Waals surface area contributed by atoms with E-state index in [0.29, 0.717) is 43.0 Å². The number of carbonyl (C=O) groups excluding carboxylic acids is 2. The summed E-state index contributed by atoms with van der Waals surface area (Å²) in [5.74, 6) is 1.20. The Hall–Kier alpha value is -2.15. The molecule has 1 N–H and O–H groups in total. The first kappa shape index (κ1) is 19.2. The number of nitrogens with one attached hydrogen (secondary N) is 1. The number of rotatable bonds is 6. The molecule has 1 aliphatic rings. The number of benzene rings is 1. The molecule has 8 heteroatoms. The van der Waals surface area contributed by atoms with Crippen LogP contribution in [0, 0.1) is 0 Å². The van der Waals surface area contributed by atoms with Crippen molar-refractivity contribution in [3.63, 3.8) is 0 Å². The van der Waals surface area contributed by atoms with Crippen molar-refractivity contribution >= 4 is 23.6 Å². The molecule has 0 atom stereocenters. The fourth-order valence-corrected chi connectivity index (χ4v) is 2.71. The highest BCUT2D eigenvalue weighted by atomic mass is 35.5. The Bertz CT molecular complexity index is 580. The Morgan fingerprint density at radius 1 is 1.16 bits per heavy atom. The molecule has 0 radical (unpaired) electrons. The van der Waals surface area contributed by atoms with E-state index < -0.39 is 0 Å². The molecule has 0 saturated carbocycles. The number of methoxy groups -OCH3 is 2. The molecule has 0 bridgehead atoms. The number of ether oxygens (including phenoxy) is 3. The Morgan fingerprint density at radius 3 is 2.28 bits per heavy atom. The molecule has 0 aromatic heterocycles. The van der Waals surface area contributed by atoms with E-state index in [1.54, 1.807) is 23.1 Å². The molecule has 1 aliphatic heterocycles. The number of hydrogen-bond donors (Lipinski definition) is 1. The van der Waals surface area contributed by atoms with Crippen molar-refractivity contribution in [1.82, 2.24) is 10.2 Å². The van der Waals surface area contributed by atoms with Crippen LogP contribution in [0.5, 0.6) is 11.5 Å². The van der Waals surface area contributed by atoms with Gasteiger partial charge in [0.1, 0.15) is 18.1 Å². The molecule has 1 fully saturated rings. The molecule has 2 rings (SSSR count). The number of piperidine rings is 1.